The maximum Gasteiger partial charge on any atom is 0.255 e. The molecule has 0 spiro atoms. The Bertz CT molecular complexity index is 935. The third-order valence-electron chi connectivity index (χ3n) is 8.66. The largest absolute Gasteiger partial charge is 0.329 e. The zero-order valence-electron chi connectivity index (χ0n) is 19.6. The van der Waals surface area contributed by atoms with E-state index < -0.39 is 0 Å². The molecule has 5 rings (SSSR count). The molecule has 2 unspecified atom stereocenters. The van der Waals surface area contributed by atoms with Crippen molar-refractivity contribution in [3.05, 3.63) is 47.2 Å². The number of benzene rings is 1. The fourth-order valence-corrected chi connectivity index (χ4v) is 5.96. The van der Waals surface area contributed by atoms with Crippen LogP contribution in [-0.2, 0) is 17.8 Å². The van der Waals surface area contributed by atoms with Crippen LogP contribution in [0.25, 0.3) is 0 Å². The van der Waals surface area contributed by atoms with E-state index in [2.05, 4.69) is 43.2 Å². The lowest BCUT2D eigenvalue weighted by atomic mass is 9.79. The molecule has 4 aliphatic rings. The van der Waals surface area contributed by atoms with Gasteiger partial charge < -0.3 is 15.5 Å². The number of amides is 2. The van der Waals surface area contributed by atoms with E-state index in [4.69, 9.17) is 0 Å². The average molecular weight is 436 g/mol. The molecule has 4 atom stereocenters. The van der Waals surface area contributed by atoms with E-state index in [9.17, 15) is 9.59 Å². The average Bonchev–Trinajstić information content (AvgIpc) is 3.44. The van der Waals surface area contributed by atoms with Crippen LogP contribution in [0.5, 0.6) is 0 Å². The van der Waals surface area contributed by atoms with Crippen LogP contribution in [0, 0.1) is 11.3 Å². The molecule has 3 fully saturated rings. The van der Waals surface area contributed by atoms with Gasteiger partial charge in [0.25, 0.3) is 5.91 Å². The van der Waals surface area contributed by atoms with Crippen LogP contribution in [0.3, 0.4) is 0 Å². The third-order valence-corrected chi connectivity index (χ3v) is 8.66. The molecule has 1 aromatic carbocycles. The van der Waals surface area contributed by atoms with Crippen LogP contribution in [0.15, 0.2) is 30.5 Å². The van der Waals surface area contributed by atoms with E-state index in [-0.39, 0.29) is 17.9 Å². The Labute approximate surface area is 192 Å². The van der Waals surface area contributed by atoms with Gasteiger partial charge in [0.1, 0.15) is 6.04 Å². The van der Waals surface area contributed by atoms with Crippen molar-refractivity contribution < 1.29 is 9.59 Å². The highest BCUT2D eigenvalue weighted by atomic mass is 16.2. The molecule has 0 aromatic heterocycles. The first kappa shape index (κ1) is 21.7. The second-order valence-corrected chi connectivity index (χ2v) is 11.0. The molecular formula is C27H37N3O2. The summed E-state index contributed by atoms with van der Waals surface area (Å²) in [4.78, 5) is 27.2. The molecule has 172 valence electrons. The number of piperidine rings is 1. The molecule has 5 nitrogen and oxygen atoms in total. The third kappa shape index (κ3) is 4.12. The lowest BCUT2D eigenvalue weighted by Gasteiger charge is -2.36. The van der Waals surface area contributed by atoms with Crippen molar-refractivity contribution in [1.29, 1.82) is 0 Å². The molecule has 2 heterocycles. The van der Waals surface area contributed by atoms with Gasteiger partial charge in [-0.15, -0.1) is 0 Å². The Hall–Kier alpha value is -2.14. The lowest BCUT2D eigenvalue weighted by Crippen LogP contribution is -2.49. The molecule has 1 saturated heterocycles. The molecular weight excluding hydrogens is 398 g/mol. The predicted octanol–water partition coefficient (Wildman–Crippen LogP) is 4.31. The minimum atomic E-state index is -0.388. The number of nitrogens with one attached hydrogen (secondary N) is 2. The number of hydrogen-bond acceptors (Lipinski definition) is 3. The molecule has 5 heteroatoms. The Morgan fingerprint density at radius 1 is 1.22 bits per heavy atom. The van der Waals surface area contributed by atoms with Gasteiger partial charge in [0, 0.05) is 29.9 Å². The number of carbonyl (C=O) groups is 2. The van der Waals surface area contributed by atoms with Crippen molar-refractivity contribution in [2.45, 2.75) is 96.3 Å². The van der Waals surface area contributed by atoms with Crippen molar-refractivity contribution in [1.82, 2.24) is 15.5 Å². The van der Waals surface area contributed by atoms with Crippen molar-refractivity contribution in [2.24, 2.45) is 11.3 Å². The van der Waals surface area contributed by atoms with Gasteiger partial charge in [-0.2, -0.15) is 0 Å². The Kier molecular flexibility index (Phi) is 5.65. The van der Waals surface area contributed by atoms with Gasteiger partial charge in [-0.05, 0) is 80.4 Å². The quantitative estimate of drug-likeness (QED) is 0.700. The zero-order chi connectivity index (χ0) is 22.5. The first-order valence-electron chi connectivity index (χ1n) is 12.5. The van der Waals surface area contributed by atoms with Crippen LogP contribution in [0.4, 0.5) is 0 Å². The van der Waals surface area contributed by atoms with Crippen LogP contribution < -0.4 is 10.6 Å². The second-order valence-electron chi connectivity index (χ2n) is 11.0. The number of allylic oxidation sites excluding steroid dienone is 1. The fourth-order valence-electron chi connectivity index (χ4n) is 5.96. The zero-order valence-corrected chi connectivity index (χ0v) is 19.6. The highest BCUT2D eigenvalue weighted by molar-refractivity contribution is 6.01. The Morgan fingerprint density at radius 3 is 2.75 bits per heavy atom. The fraction of sp³-hybridized carbons (Fsp3) is 0.630. The molecule has 2 aliphatic heterocycles. The molecule has 0 radical (unpaired) electrons. The summed E-state index contributed by atoms with van der Waals surface area (Å²) in [6.07, 6.45) is 10.3. The van der Waals surface area contributed by atoms with Gasteiger partial charge in [-0.25, -0.2) is 0 Å². The molecule has 2 N–H and O–H groups in total. The summed E-state index contributed by atoms with van der Waals surface area (Å²) >= 11 is 0. The first-order chi connectivity index (χ1) is 15.3. The van der Waals surface area contributed by atoms with Crippen molar-refractivity contribution in [3.8, 4) is 0 Å². The summed E-state index contributed by atoms with van der Waals surface area (Å²) in [5, 5.41) is 6.82. The maximum atomic E-state index is 13.0. The van der Waals surface area contributed by atoms with E-state index in [0.717, 1.165) is 29.7 Å². The van der Waals surface area contributed by atoms with Crippen LogP contribution in [0.2, 0.25) is 0 Å². The Morgan fingerprint density at radius 2 is 2.00 bits per heavy atom. The van der Waals surface area contributed by atoms with Crippen LogP contribution in [0.1, 0.15) is 86.7 Å². The van der Waals surface area contributed by atoms with Crippen LogP contribution in [-0.4, -0.2) is 34.8 Å². The van der Waals surface area contributed by atoms with Gasteiger partial charge >= 0.3 is 0 Å². The van der Waals surface area contributed by atoms with E-state index in [1.807, 2.05) is 6.07 Å². The maximum absolute atomic E-state index is 13.0. The van der Waals surface area contributed by atoms with Gasteiger partial charge in [0.2, 0.25) is 5.91 Å². The number of hydrogen-bond donors (Lipinski definition) is 2. The van der Waals surface area contributed by atoms with Gasteiger partial charge in [-0.3, -0.25) is 9.59 Å². The number of carbonyl (C=O) groups excluding carboxylic acids is 2. The monoisotopic (exact) mass is 435 g/mol. The van der Waals surface area contributed by atoms with Crippen molar-refractivity contribution in [2.75, 3.05) is 0 Å². The second kappa shape index (κ2) is 8.33. The summed E-state index contributed by atoms with van der Waals surface area (Å²) in [5.74, 6) is 0.537. The van der Waals surface area contributed by atoms with E-state index >= 15 is 0 Å². The van der Waals surface area contributed by atoms with E-state index in [1.54, 1.807) is 4.90 Å². The molecule has 1 aromatic rings. The molecule has 2 amide bonds. The summed E-state index contributed by atoms with van der Waals surface area (Å²) in [6.45, 7) is 9.16. The molecule has 32 heavy (non-hydrogen) atoms. The topological polar surface area (TPSA) is 61.4 Å². The highest BCUT2D eigenvalue weighted by Gasteiger charge is 2.44. The van der Waals surface area contributed by atoms with Gasteiger partial charge in [-0.1, -0.05) is 38.5 Å². The number of rotatable bonds is 6. The summed E-state index contributed by atoms with van der Waals surface area (Å²) in [6, 6.07) is 7.13. The minimum absolute atomic E-state index is 0.0112. The Balaban J connectivity index is 1.27. The molecule has 2 aliphatic carbocycles. The highest BCUT2D eigenvalue weighted by Crippen LogP contribution is 2.48. The first-order valence-corrected chi connectivity index (χ1v) is 12.5. The SMILES string of the molecule is C=C1CCC(N2Cc3cc(C[C@H]4CCCC[C@@H]4NC(C)C4(C)CC4)ccc3C2=O)C(=O)N1. The molecule has 0 bridgehead atoms. The molecule has 2 saturated carbocycles. The lowest BCUT2D eigenvalue weighted by molar-refractivity contribution is -0.126. The van der Waals surface area contributed by atoms with E-state index in [1.165, 1.54) is 44.1 Å². The van der Waals surface area contributed by atoms with Crippen molar-refractivity contribution >= 4 is 11.8 Å². The smallest absolute Gasteiger partial charge is 0.255 e. The van der Waals surface area contributed by atoms with Crippen molar-refractivity contribution in [3.63, 3.8) is 0 Å². The van der Waals surface area contributed by atoms with E-state index in [0.29, 0.717) is 36.4 Å². The number of fused-ring (bicyclic) bond motifs is 1. The summed E-state index contributed by atoms with van der Waals surface area (Å²) in [7, 11) is 0. The van der Waals surface area contributed by atoms with Gasteiger partial charge in [0.15, 0.2) is 0 Å². The number of nitrogens with zero attached hydrogens (tertiary/aromatic N) is 1. The minimum Gasteiger partial charge on any atom is -0.329 e. The summed E-state index contributed by atoms with van der Waals surface area (Å²) < 4.78 is 0. The normalized spacial score (nSPS) is 30.1. The van der Waals surface area contributed by atoms with Crippen LogP contribution >= 0.6 is 0 Å². The standard InChI is InChI=1S/C27H37N3O2/c1-17-8-11-24(25(31)28-17)30-16-21-15-19(9-10-22(21)26(30)32)14-20-6-4-5-7-23(20)29-18(2)27(3)12-13-27/h9-10,15,18,20,23-24,29H,1,4-8,11-14,16H2,2-3H3,(H,28,31)/t18?,20-,23+,24?/m1/s1. The summed E-state index contributed by atoms with van der Waals surface area (Å²) in [5.41, 5.74) is 4.41. The van der Waals surface area contributed by atoms with Gasteiger partial charge in [0.05, 0.1) is 0 Å². The predicted molar refractivity (Wildman–Crippen MR) is 126 cm³/mol.